The van der Waals surface area contributed by atoms with E-state index in [2.05, 4.69) is 9.72 Å². The monoisotopic (exact) mass is 323 g/mol. The van der Waals surface area contributed by atoms with Gasteiger partial charge < -0.3 is 9.84 Å². The molecule has 0 aliphatic heterocycles. The second-order valence-electron chi connectivity index (χ2n) is 5.19. The molecule has 3 aromatic rings. The van der Waals surface area contributed by atoms with Gasteiger partial charge in [-0.05, 0) is 23.3 Å². The van der Waals surface area contributed by atoms with Gasteiger partial charge in [0.15, 0.2) is 0 Å². The van der Waals surface area contributed by atoms with E-state index in [-0.39, 0.29) is 11.7 Å². The summed E-state index contributed by atoms with van der Waals surface area (Å²) >= 11 is 0. The van der Waals surface area contributed by atoms with Crippen molar-refractivity contribution in [3.8, 4) is 17.0 Å². The molecular weight excluding hydrogens is 309 g/mol. The lowest BCUT2D eigenvalue weighted by atomic mass is 10.0. The standard InChI is InChI=1S/C19H14FNO3/c20-17-6-2-1-5-16(17)14-9-7-13(8-10-14)12-15-4-3-11-21-18(15)24-19(22)23/h1-11H,12H2,(H,22,23). The Morgan fingerprint density at radius 2 is 1.79 bits per heavy atom. The minimum atomic E-state index is -1.40. The Labute approximate surface area is 138 Å². The first kappa shape index (κ1) is 15.7. The molecule has 0 aliphatic carbocycles. The molecule has 1 aromatic heterocycles. The summed E-state index contributed by atoms with van der Waals surface area (Å²) in [6, 6.07) is 17.5. The van der Waals surface area contributed by atoms with Crippen molar-refractivity contribution in [1.29, 1.82) is 0 Å². The zero-order chi connectivity index (χ0) is 16.9. The van der Waals surface area contributed by atoms with Crippen molar-refractivity contribution in [3.63, 3.8) is 0 Å². The maximum Gasteiger partial charge on any atom is 0.512 e. The van der Waals surface area contributed by atoms with E-state index < -0.39 is 6.16 Å². The number of rotatable bonds is 4. The Balaban J connectivity index is 1.83. The van der Waals surface area contributed by atoms with Gasteiger partial charge in [0.2, 0.25) is 5.88 Å². The average molecular weight is 323 g/mol. The summed E-state index contributed by atoms with van der Waals surface area (Å²) in [5.41, 5.74) is 2.93. The highest BCUT2D eigenvalue weighted by atomic mass is 19.1. The Hall–Kier alpha value is -3.21. The smallest absolute Gasteiger partial charge is 0.449 e. The highest BCUT2D eigenvalue weighted by molar-refractivity contribution is 5.64. The van der Waals surface area contributed by atoms with Crippen LogP contribution >= 0.6 is 0 Å². The van der Waals surface area contributed by atoms with E-state index in [1.807, 2.05) is 24.3 Å². The van der Waals surface area contributed by atoms with Gasteiger partial charge in [-0.1, -0.05) is 48.5 Å². The first-order valence-corrected chi connectivity index (χ1v) is 7.32. The fourth-order valence-electron chi connectivity index (χ4n) is 2.45. The third kappa shape index (κ3) is 3.57. The predicted molar refractivity (Wildman–Crippen MR) is 87.5 cm³/mol. The first-order chi connectivity index (χ1) is 11.6. The summed E-state index contributed by atoms with van der Waals surface area (Å²) in [7, 11) is 0. The summed E-state index contributed by atoms with van der Waals surface area (Å²) < 4.78 is 18.5. The van der Waals surface area contributed by atoms with Gasteiger partial charge in [0.25, 0.3) is 0 Å². The number of nitrogens with zero attached hydrogens (tertiary/aromatic N) is 1. The second kappa shape index (κ2) is 6.91. The largest absolute Gasteiger partial charge is 0.512 e. The third-order valence-corrected chi connectivity index (χ3v) is 3.57. The molecule has 5 heteroatoms. The SMILES string of the molecule is O=C(O)Oc1ncccc1Cc1ccc(-c2ccccc2F)cc1. The number of hydrogen-bond donors (Lipinski definition) is 1. The van der Waals surface area contributed by atoms with Crippen molar-refractivity contribution in [3.05, 3.63) is 83.8 Å². The minimum Gasteiger partial charge on any atom is -0.449 e. The Kier molecular flexibility index (Phi) is 4.52. The van der Waals surface area contributed by atoms with Crippen molar-refractivity contribution < 1.29 is 19.0 Å². The molecule has 0 spiro atoms. The van der Waals surface area contributed by atoms with Crippen LogP contribution in [0.5, 0.6) is 5.88 Å². The van der Waals surface area contributed by atoms with Crippen molar-refractivity contribution in [2.24, 2.45) is 0 Å². The van der Waals surface area contributed by atoms with Gasteiger partial charge in [0.1, 0.15) is 5.82 Å². The predicted octanol–water partition coefficient (Wildman–Crippen LogP) is 4.54. The molecule has 0 bridgehead atoms. The number of aromatic nitrogens is 1. The summed E-state index contributed by atoms with van der Waals surface area (Å²) in [4.78, 5) is 14.6. The zero-order valence-corrected chi connectivity index (χ0v) is 12.6. The number of ether oxygens (including phenoxy) is 1. The molecule has 120 valence electrons. The van der Waals surface area contributed by atoms with Crippen molar-refractivity contribution in [1.82, 2.24) is 4.98 Å². The summed E-state index contributed by atoms with van der Waals surface area (Å²) in [6.07, 6.45) is 0.543. The van der Waals surface area contributed by atoms with Crippen molar-refractivity contribution in [2.45, 2.75) is 6.42 Å². The lowest BCUT2D eigenvalue weighted by Crippen LogP contribution is -2.07. The molecular formula is C19H14FNO3. The van der Waals surface area contributed by atoms with Crippen LogP contribution in [0, 0.1) is 5.82 Å². The molecule has 0 saturated heterocycles. The van der Waals surface area contributed by atoms with Crippen molar-refractivity contribution >= 4 is 6.16 Å². The fraction of sp³-hybridized carbons (Fsp3) is 0.0526. The molecule has 24 heavy (non-hydrogen) atoms. The molecule has 0 saturated carbocycles. The summed E-state index contributed by atoms with van der Waals surface area (Å²) in [5.74, 6) is -0.196. The number of hydrogen-bond acceptors (Lipinski definition) is 3. The maximum atomic E-state index is 13.8. The van der Waals surface area contributed by atoms with Crippen LogP contribution in [-0.2, 0) is 6.42 Å². The van der Waals surface area contributed by atoms with Crippen molar-refractivity contribution in [2.75, 3.05) is 0 Å². The molecule has 4 nitrogen and oxygen atoms in total. The second-order valence-corrected chi connectivity index (χ2v) is 5.19. The Morgan fingerprint density at radius 3 is 2.50 bits per heavy atom. The lowest BCUT2D eigenvalue weighted by molar-refractivity contribution is 0.142. The van der Waals surface area contributed by atoms with Crippen LogP contribution in [0.2, 0.25) is 0 Å². The van der Waals surface area contributed by atoms with E-state index >= 15 is 0 Å². The van der Waals surface area contributed by atoms with E-state index in [4.69, 9.17) is 5.11 Å². The first-order valence-electron chi connectivity index (χ1n) is 7.32. The molecule has 0 fully saturated rings. The molecule has 0 aliphatic rings. The molecule has 0 atom stereocenters. The molecule has 3 rings (SSSR count). The maximum absolute atomic E-state index is 13.8. The average Bonchev–Trinajstić information content (AvgIpc) is 2.57. The minimum absolute atomic E-state index is 0.0724. The fourth-order valence-corrected chi connectivity index (χ4v) is 2.45. The van der Waals surface area contributed by atoms with E-state index in [1.165, 1.54) is 12.3 Å². The molecule has 1 N–H and O–H groups in total. The van der Waals surface area contributed by atoms with Gasteiger partial charge in [-0.15, -0.1) is 0 Å². The molecule has 1 heterocycles. The number of halogens is 1. The number of carbonyl (C=O) groups is 1. The van der Waals surface area contributed by atoms with Gasteiger partial charge >= 0.3 is 6.16 Å². The van der Waals surface area contributed by atoms with Gasteiger partial charge in [0.05, 0.1) is 0 Å². The topological polar surface area (TPSA) is 59.4 Å². The van der Waals surface area contributed by atoms with E-state index in [1.54, 1.807) is 30.3 Å². The van der Waals surface area contributed by atoms with Gasteiger partial charge in [-0.3, -0.25) is 0 Å². The van der Waals surface area contributed by atoms with E-state index in [9.17, 15) is 9.18 Å². The highest BCUT2D eigenvalue weighted by Crippen LogP contribution is 2.24. The molecule has 2 aromatic carbocycles. The van der Waals surface area contributed by atoms with Gasteiger partial charge in [0, 0.05) is 23.7 Å². The number of carboxylic acid groups (broad SMARTS) is 1. The highest BCUT2D eigenvalue weighted by Gasteiger charge is 2.10. The molecule has 0 radical (unpaired) electrons. The summed E-state index contributed by atoms with van der Waals surface area (Å²) in [5, 5.41) is 8.75. The molecule has 0 amide bonds. The Morgan fingerprint density at radius 1 is 1.04 bits per heavy atom. The Bertz CT molecular complexity index is 862. The molecule has 0 unspecified atom stereocenters. The van der Waals surface area contributed by atoms with Crippen LogP contribution in [-0.4, -0.2) is 16.2 Å². The van der Waals surface area contributed by atoms with E-state index in [0.717, 1.165) is 11.1 Å². The third-order valence-electron chi connectivity index (χ3n) is 3.57. The zero-order valence-electron chi connectivity index (χ0n) is 12.6. The number of benzene rings is 2. The van der Waals surface area contributed by atoms with Gasteiger partial charge in [-0.2, -0.15) is 0 Å². The van der Waals surface area contributed by atoms with Crippen LogP contribution in [0.25, 0.3) is 11.1 Å². The quantitative estimate of drug-likeness (QED) is 0.716. The van der Waals surface area contributed by atoms with Crippen LogP contribution in [0.1, 0.15) is 11.1 Å². The van der Waals surface area contributed by atoms with Crippen LogP contribution < -0.4 is 4.74 Å². The van der Waals surface area contributed by atoms with Crippen LogP contribution in [0.3, 0.4) is 0 Å². The van der Waals surface area contributed by atoms with Crippen LogP contribution in [0.4, 0.5) is 9.18 Å². The van der Waals surface area contributed by atoms with Gasteiger partial charge in [-0.25, -0.2) is 14.2 Å². The van der Waals surface area contributed by atoms with Crippen LogP contribution in [0.15, 0.2) is 66.9 Å². The van der Waals surface area contributed by atoms with E-state index in [0.29, 0.717) is 17.5 Å². The summed E-state index contributed by atoms with van der Waals surface area (Å²) in [6.45, 7) is 0. The number of pyridine rings is 1. The normalized spacial score (nSPS) is 10.4. The lowest BCUT2D eigenvalue weighted by Gasteiger charge is -2.08.